The minimum atomic E-state index is -4.37. The predicted octanol–water partition coefficient (Wildman–Crippen LogP) is 6.59. The van der Waals surface area contributed by atoms with E-state index in [0.29, 0.717) is 11.4 Å². The average molecular weight is 509 g/mol. The first-order valence-corrected chi connectivity index (χ1v) is 10.1. The molecule has 0 unspecified atom stereocenters. The molecule has 0 aromatic carbocycles. The van der Waals surface area contributed by atoms with Crippen LogP contribution < -0.4 is 0 Å². The number of aromatic amines is 2. The van der Waals surface area contributed by atoms with Crippen LogP contribution in [-0.4, -0.2) is 30.4 Å². The maximum atomic E-state index is 12.6. The van der Waals surface area contributed by atoms with Crippen molar-refractivity contribution in [3.63, 3.8) is 0 Å². The molecule has 0 aliphatic carbocycles. The van der Waals surface area contributed by atoms with Crippen LogP contribution in [0.3, 0.4) is 0 Å². The highest BCUT2D eigenvalue weighted by molar-refractivity contribution is 9.10. The van der Waals surface area contributed by atoms with Gasteiger partial charge in [-0.3, -0.25) is 20.2 Å². The Balaban J connectivity index is 0.000000224. The van der Waals surface area contributed by atoms with E-state index in [0.717, 1.165) is 45.1 Å². The smallest absolute Gasteiger partial charge is 0.282 e. The molecule has 0 fully saturated rings. The molecular weight excluding hydrogens is 485 g/mol. The van der Waals surface area contributed by atoms with E-state index in [1.54, 1.807) is 13.0 Å². The van der Waals surface area contributed by atoms with E-state index in [1.165, 1.54) is 6.92 Å². The van der Waals surface area contributed by atoms with Crippen LogP contribution in [0.15, 0.2) is 40.9 Å². The molecule has 0 atom stereocenters. The SMILES string of the molecule is C.Cc1cc(C(F)(F)F)cc(-c2cc(C)[nH]n2)n1.Cc1cccc(-c2n[nH]c(C)c2Br)n1. The van der Waals surface area contributed by atoms with E-state index in [4.69, 9.17) is 0 Å². The normalized spacial score (nSPS) is 10.9. The Labute approximate surface area is 192 Å². The van der Waals surface area contributed by atoms with Crippen molar-refractivity contribution < 1.29 is 13.2 Å². The van der Waals surface area contributed by atoms with E-state index >= 15 is 0 Å². The Morgan fingerprint density at radius 2 is 1.50 bits per heavy atom. The first-order chi connectivity index (χ1) is 14.5. The van der Waals surface area contributed by atoms with Crippen molar-refractivity contribution in [2.45, 2.75) is 41.3 Å². The Bertz CT molecular complexity index is 1200. The van der Waals surface area contributed by atoms with Crippen molar-refractivity contribution in [2.75, 3.05) is 0 Å². The third-order valence-corrected chi connectivity index (χ3v) is 5.22. The van der Waals surface area contributed by atoms with Crippen molar-refractivity contribution in [3.8, 4) is 22.8 Å². The lowest BCUT2D eigenvalue weighted by Gasteiger charge is -2.08. The number of aryl methyl sites for hydroxylation is 4. The molecule has 4 rings (SSSR count). The maximum absolute atomic E-state index is 12.6. The summed E-state index contributed by atoms with van der Waals surface area (Å²) in [7, 11) is 0. The Hall–Kier alpha value is -3.01. The Morgan fingerprint density at radius 3 is 2.03 bits per heavy atom. The molecule has 4 heterocycles. The molecule has 4 aromatic heterocycles. The topological polar surface area (TPSA) is 83.1 Å². The number of hydrogen-bond acceptors (Lipinski definition) is 4. The van der Waals surface area contributed by atoms with Gasteiger partial charge in [-0.25, -0.2) is 0 Å². The second-order valence-corrected chi connectivity index (χ2v) is 7.78. The van der Waals surface area contributed by atoms with Gasteiger partial charge in [-0.05, 0) is 74.0 Å². The highest BCUT2D eigenvalue weighted by Gasteiger charge is 2.31. The van der Waals surface area contributed by atoms with Crippen LogP contribution in [0.1, 0.15) is 35.8 Å². The largest absolute Gasteiger partial charge is 0.416 e. The monoisotopic (exact) mass is 508 g/mol. The maximum Gasteiger partial charge on any atom is 0.416 e. The lowest BCUT2D eigenvalue weighted by Crippen LogP contribution is -2.06. The number of halogens is 4. The van der Waals surface area contributed by atoms with Crippen molar-refractivity contribution in [1.82, 2.24) is 30.4 Å². The molecule has 4 aromatic rings. The first kappa shape index (κ1) is 25.3. The fourth-order valence-corrected chi connectivity index (χ4v) is 3.15. The molecular formula is C22H24BrF3N6. The molecule has 2 N–H and O–H groups in total. The van der Waals surface area contributed by atoms with E-state index < -0.39 is 11.7 Å². The zero-order chi connectivity index (χ0) is 22.8. The van der Waals surface area contributed by atoms with Crippen molar-refractivity contribution >= 4 is 15.9 Å². The summed E-state index contributed by atoms with van der Waals surface area (Å²) >= 11 is 3.48. The van der Waals surface area contributed by atoms with Gasteiger partial charge < -0.3 is 0 Å². The van der Waals surface area contributed by atoms with Crippen molar-refractivity contribution in [2.24, 2.45) is 0 Å². The molecule has 0 aliphatic heterocycles. The number of nitrogens with one attached hydrogen (secondary N) is 2. The molecule has 0 saturated carbocycles. The van der Waals surface area contributed by atoms with Crippen LogP contribution >= 0.6 is 15.9 Å². The van der Waals surface area contributed by atoms with Gasteiger partial charge in [-0.2, -0.15) is 23.4 Å². The third-order valence-electron chi connectivity index (χ3n) is 4.25. The molecule has 32 heavy (non-hydrogen) atoms. The Kier molecular flexibility index (Phi) is 7.95. The molecule has 10 heteroatoms. The molecule has 0 bridgehead atoms. The van der Waals surface area contributed by atoms with Crippen molar-refractivity contribution in [1.29, 1.82) is 0 Å². The summed E-state index contributed by atoms with van der Waals surface area (Å²) in [4.78, 5) is 8.45. The van der Waals surface area contributed by atoms with Crippen LogP contribution in [0.5, 0.6) is 0 Å². The highest BCUT2D eigenvalue weighted by atomic mass is 79.9. The summed E-state index contributed by atoms with van der Waals surface area (Å²) < 4.78 is 38.8. The van der Waals surface area contributed by atoms with Gasteiger partial charge in [-0.1, -0.05) is 13.5 Å². The van der Waals surface area contributed by atoms with E-state index in [2.05, 4.69) is 46.3 Å². The molecule has 0 aliphatic rings. The predicted molar refractivity (Wildman–Crippen MR) is 122 cm³/mol. The third kappa shape index (κ3) is 6.03. The van der Waals surface area contributed by atoms with Gasteiger partial charge in [0, 0.05) is 22.8 Å². The fraction of sp³-hybridized carbons (Fsp3) is 0.273. The first-order valence-electron chi connectivity index (χ1n) is 9.27. The minimum absolute atomic E-state index is 0. The van der Waals surface area contributed by atoms with Crippen LogP contribution in [0.25, 0.3) is 22.8 Å². The zero-order valence-electron chi connectivity index (χ0n) is 17.3. The van der Waals surface area contributed by atoms with E-state index in [9.17, 15) is 13.2 Å². The molecule has 0 saturated heterocycles. The minimum Gasteiger partial charge on any atom is -0.282 e. The molecule has 0 spiro atoms. The summed E-state index contributed by atoms with van der Waals surface area (Å²) in [5.41, 5.74) is 4.79. The van der Waals surface area contributed by atoms with Crippen LogP contribution in [-0.2, 0) is 6.18 Å². The fourth-order valence-electron chi connectivity index (χ4n) is 2.77. The summed E-state index contributed by atoms with van der Waals surface area (Å²) in [5.74, 6) is 0. The number of aromatic nitrogens is 6. The molecule has 0 radical (unpaired) electrons. The number of rotatable bonds is 2. The second kappa shape index (κ2) is 10.1. The van der Waals surface area contributed by atoms with Gasteiger partial charge in [0.1, 0.15) is 11.4 Å². The summed E-state index contributed by atoms with van der Waals surface area (Å²) in [5, 5.41) is 13.7. The van der Waals surface area contributed by atoms with Gasteiger partial charge in [0.25, 0.3) is 0 Å². The van der Waals surface area contributed by atoms with Gasteiger partial charge >= 0.3 is 6.18 Å². The lowest BCUT2D eigenvalue weighted by molar-refractivity contribution is -0.137. The molecule has 170 valence electrons. The van der Waals surface area contributed by atoms with E-state index in [1.807, 2.05) is 32.0 Å². The lowest BCUT2D eigenvalue weighted by atomic mass is 10.1. The van der Waals surface area contributed by atoms with Crippen LogP contribution in [0.4, 0.5) is 13.2 Å². The number of H-pyrrole nitrogens is 2. The quantitative estimate of drug-likeness (QED) is 0.319. The van der Waals surface area contributed by atoms with Gasteiger partial charge in [0.2, 0.25) is 0 Å². The van der Waals surface area contributed by atoms with Gasteiger partial charge in [-0.15, -0.1) is 0 Å². The van der Waals surface area contributed by atoms with Crippen molar-refractivity contribution in [3.05, 3.63) is 69.2 Å². The highest BCUT2D eigenvalue weighted by Crippen LogP contribution is 2.31. The average Bonchev–Trinajstić information content (AvgIpc) is 3.27. The summed E-state index contributed by atoms with van der Waals surface area (Å²) in [6, 6.07) is 9.58. The Morgan fingerprint density at radius 1 is 0.812 bits per heavy atom. The standard InChI is InChI=1S/C11H10F3N3.C10H10BrN3.CH4/c1-6-3-8(11(12,13)14)5-9(15-6)10-4-7(2)16-17-10;1-6-4-3-5-8(12-6)10-9(11)7(2)13-14-10;/h3-5H,1-2H3,(H,16,17);3-5H,1-2H3,(H,13,14);1H4. The zero-order valence-corrected chi connectivity index (χ0v) is 18.9. The number of pyridine rings is 2. The number of hydrogen-bond donors (Lipinski definition) is 2. The molecule has 6 nitrogen and oxygen atoms in total. The van der Waals surface area contributed by atoms with Crippen LogP contribution in [0, 0.1) is 27.7 Å². The second-order valence-electron chi connectivity index (χ2n) is 6.99. The van der Waals surface area contributed by atoms with Crippen LogP contribution in [0.2, 0.25) is 0 Å². The summed E-state index contributed by atoms with van der Waals surface area (Å²) in [6.07, 6.45) is -4.37. The molecule has 0 amide bonds. The summed E-state index contributed by atoms with van der Waals surface area (Å²) in [6.45, 7) is 7.24. The van der Waals surface area contributed by atoms with Gasteiger partial charge in [0.15, 0.2) is 0 Å². The van der Waals surface area contributed by atoms with Gasteiger partial charge in [0.05, 0.1) is 21.4 Å². The van der Waals surface area contributed by atoms with E-state index in [-0.39, 0.29) is 13.1 Å². The number of alkyl halides is 3. The number of nitrogens with zero attached hydrogens (tertiary/aromatic N) is 4.